The van der Waals surface area contributed by atoms with E-state index in [-0.39, 0.29) is 59.1 Å². The van der Waals surface area contributed by atoms with Crippen LogP contribution in [0.3, 0.4) is 0 Å². The Labute approximate surface area is 237 Å². The minimum Gasteiger partial charge on any atom is -0.738 e. The van der Waals surface area contributed by atoms with E-state index in [9.17, 15) is 9.90 Å². The number of quaternary nitrogens is 1. The Morgan fingerprint density at radius 2 is 1.91 bits per heavy atom. The molecule has 0 bridgehead atoms. The zero-order valence-electron chi connectivity index (χ0n) is 18.9. The Kier molecular flexibility index (Phi) is 9.69. The molecule has 2 heterocycles. The number of aryl methyl sites for hydroxylation is 2. The smallest absolute Gasteiger partial charge is 0.738 e. The van der Waals surface area contributed by atoms with E-state index < -0.39 is 12.0 Å². The number of anilines is 1. The predicted molar refractivity (Wildman–Crippen MR) is 114 cm³/mol. The molecule has 8 nitrogen and oxygen atoms in total. The molecule has 1 fully saturated rings. The number of carbonyl (C=O) groups is 1. The van der Waals surface area contributed by atoms with Crippen LogP contribution in [0.4, 0.5) is 11.4 Å². The number of tetrazole rings is 1. The number of rotatable bonds is 8. The van der Waals surface area contributed by atoms with Gasteiger partial charge in [-0.2, -0.15) is 0 Å². The van der Waals surface area contributed by atoms with Crippen LogP contribution in [0.1, 0.15) is 17.5 Å². The zero-order valence-corrected chi connectivity index (χ0v) is 23.7. The Hall–Kier alpha value is -1.04. The molecule has 0 aliphatic carbocycles. The first-order valence-corrected chi connectivity index (χ1v) is 10.3. The topological polar surface area (TPSA) is 95.8 Å². The van der Waals surface area contributed by atoms with Gasteiger partial charge in [0, 0.05) is 34.9 Å². The molecule has 0 saturated carbocycles. The van der Waals surface area contributed by atoms with Crippen LogP contribution in [-0.4, -0.2) is 51.9 Å². The molecule has 1 N–H and O–H groups in total. The molecular weight excluding hydrogens is 446 g/mol. The number of carboxylic acids is 1. The molecule has 0 spiro atoms. The number of carbonyl (C=O) groups excluding carboxylic acids is 1. The second-order valence-electron chi connectivity index (χ2n) is 7.72. The molecule has 32 heavy (non-hydrogen) atoms. The molecule has 2 atom stereocenters. The number of aromatic nitrogens is 4. The number of para-hydroxylation sites is 1. The van der Waals surface area contributed by atoms with Gasteiger partial charge in [0.25, 0.3) is 0 Å². The van der Waals surface area contributed by atoms with Crippen molar-refractivity contribution in [3.05, 3.63) is 53.6 Å². The van der Waals surface area contributed by atoms with Crippen LogP contribution in [0.5, 0.6) is 0 Å². The minimum absolute atomic E-state index is 0. The van der Waals surface area contributed by atoms with E-state index >= 15 is 0 Å². The fourth-order valence-corrected chi connectivity index (χ4v) is 4.51. The molecule has 2 unspecified atom stereocenters. The first-order chi connectivity index (χ1) is 14.4. The van der Waals surface area contributed by atoms with Crippen molar-refractivity contribution in [2.45, 2.75) is 31.5 Å². The number of hydrogen-bond donors (Lipinski definition) is 1. The van der Waals surface area contributed by atoms with Gasteiger partial charge >= 0.3 is 59.1 Å². The molecule has 3 aromatic rings. The number of nitrogens with zero attached hydrogens (tertiary/aromatic N) is 5. The SMILES string of the molecule is Cc1cccc(C)c1[N+]1(CCCNc2cccc(-n3nnnc3[S-])c2)CC1C(=O)[O-].[Na+].[Na+]. The normalized spacial score (nSPS) is 18.9. The fraction of sp³-hybridized carbons (Fsp3) is 0.333. The number of hydrogen-bond acceptors (Lipinski definition) is 7. The van der Waals surface area contributed by atoms with Gasteiger partial charge in [0.05, 0.1) is 12.2 Å². The van der Waals surface area contributed by atoms with Crippen molar-refractivity contribution in [2.75, 3.05) is 25.0 Å². The van der Waals surface area contributed by atoms with Crippen LogP contribution in [0.15, 0.2) is 47.6 Å². The third-order valence-corrected chi connectivity index (χ3v) is 5.97. The molecule has 11 heteroatoms. The summed E-state index contributed by atoms with van der Waals surface area (Å²) >= 11 is 5.12. The average molecular weight is 470 g/mol. The molecule has 1 aliphatic heterocycles. The maximum absolute atomic E-state index is 11.6. The largest absolute Gasteiger partial charge is 1.00 e. The van der Waals surface area contributed by atoms with Gasteiger partial charge in [-0.15, -0.1) is 5.10 Å². The second kappa shape index (κ2) is 11.4. The van der Waals surface area contributed by atoms with Crippen molar-refractivity contribution in [2.24, 2.45) is 0 Å². The van der Waals surface area contributed by atoms with Crippen molar-refractivity contribution in [1.29, 1.82) is 0 Å². The first-order valence-electron chi connectivity index (χ1n) is 9.86. The van der Waals surface area contributed by atoms with Gasteiger partial charge in [0.15, 0.2) is 6.04 Å². The minimum atomic E-state index is -0.973. The van der Waals surface area contributed by atoms with Crippen molar-refractivity contribution in [1.82, 2.24) is 24.7 Å². The van der Waals surface area contributed by atoms with E-state index in [1.165, 1.54) is 4.68 Å². The summed E-state index contributed by atoms with van der Waals surface area (Å²) in [7, 11) is 0. The third-order valence-electron chi connectivity index (χ3n) is 5.71. The van der Waals surface area contributed by atoms with Gasteiger partial charge in [-0.25, -0.2) is 4.68 Å². The molecule has 0 radical (unpaired) electrons. The maximum atomic E-state index is 11.6. The number of carboxylic acid groups (broad SMARTS) is 1. The van der Waals surface area contributed by atoms with Gasteiger partial charge in [-0.05, 0) is 42.5 Å². The molecule has 156 valence electrons. The maximum Gasteiger partial charge on any atom is 1.00 e. The van der Waals surface area contributed by atoms with Crippen LogP contribution in [-0.2, 0) is 17.4 Å². The summed E-state index contributed by atoms with van der Waals surface area (Å²) in [6, 6.07) is 13.3. The Morgan fingerprint density at radius 1 is 1.22 bits per heavy atom. The van der Waals surface area contributed by atoms with Crippen molar-refractivity contribution < 1.29 is 69.0 Å². The van der Waals surface area contributed by atoms with Gasteiger partial charge < -0.3 is 27.8 Å². The van der Waals surface area contributed by atoms with Crippen LogP contribution in [0, 0.1) is 13.8 Å². The standard InChI is InChI=1S/C21H24N6O2S.2Na/c1-14-6-3-7-15(2)19(14)27(13-18(27)20(28)29)11-5-10-22-16-8-4-9-17(12-16)26-21(30)23-24-25-26;;/h3-4,6-9,12,18,22H,5,10-11,13H2,1-2H3,(H-,23,25,28,29,30);;/q;2*+1/p-1. The van der Waals surface area contributed by atoms with E-state index in [1.807, 2.05) is 56.3 Å². The Morgan fingerprint density at radius 3 is 2.50 bits per heavy atom. The van der Waals surface area contributed by atoms with Gasteiger partial charge in [-0.3, -0.25) is 4.48 Å². The van der Waals surface area contributed by atoms with Gasteiger partial charge in [-0.1, -0.05) is 24.3 Å². The van der Waals surface area contributed by atoms with Crippen molar-refractivity contribution in [3.8, 4) is 5.69 Å². The summed E-state index contributed by atoms with van der Waals surface area (Å²) in [5.41, 5.74) is 5.08. The molecule has 1 aromatic heterocycles. The Balaban J connectivity index is 0.00000181. The number of aliphatic carboxylic acids is 1. The second-order valence-corrected chi connectivity index (χ2v) is 8.08. The first kappa shape index (κ1) is 27.2. The number of benzene rings is 2. The molecule has 2 aromatic carbocycles. The average Bonchev–Trinajstić information content (AvgIpc) is 3.29. The molecule has 1 aliphatic rings. The number of nitrogens with one attached hydrogen (secondary N) is 1. The summed E-state index contributed by atoms with van der Waals surface area (Å²) in [6.07, 6.45) is 0.818. The quantitative estimate of drug-likeness (QED) is 0.116. The molecule has 4 rings (SSSR count). The monoisotopic (exact) mass is 469 g/mol. The Bertz CT molecular complexity index is 1080. The van der Waals surface area contributed by atoms with Crippen LogP contribution >= 0.6 is 0 Å². The molecule has 0 amide bonds. The molecule has 1 saturated heterocycles. The van der Waals surface area contributed by atoms with Crippen LogP contribution in [0.2, 0.25) is 0 Å². The van der Waals surface area contributed by atoms with Crippen molar-refractivity contribution >= 4 is 30.0 Å². The van der Waals surface area contributed by atoms with E-state index in [4.69, 9.17) is 12.6 Å². The predicted octanol–water partition coefficient (Wildman–Crippen LogP) is -4.87. The summed E-state index contributed by atoms with van der Waals surface area (Å²) < 4.78 is 1.97. The van der Waals surface area contributed by atoms with Gasteiger partial charge in [0.1, 0.15) is 18.2 Å². The van der Waals surface area contributed by atoms with Gasteiger partial charge in [0.2, 0.25) is 0 Å². The van der Waals surface area contributed by atoms with E-state index in [1.54, 1.807) is 0 Å². The summed E-state index contributed by atoms with van der Waals surface area (Å²) in [6.45, 7) is 6.13. The third kappa shape index (κ3) is 5.53. The van der Waals surface area contributed by atoms with E-state index in [0.29, 0.717) is 22.7 Å². The van der Waals surface area contributed by atoms with Crippen LogP contribution < -0.4 is 74.0 Å². The van der Waals surface area contributed by atoms with E-state index in [0.717, 1.165) is 41.2 Å². The fourth-order valence-electron chi connectivity index (χ4n) is 4.33. The molecular formula is C21H23N6Na2O2S+. The zero-order chi connectivity index (χ0) is 21.3. The summed E-state index contributed by atoms with van der Waals surface area (Å²) in [5, 5.41) is 26.6. The van der Waals surface area contributed by atoms with E-state index in [2.05, 4.69) is 20.8 Å². The van der Waals surface area contributed by atoms with Crippen LogP contribution in [0.25, 0.3) is 5.69 Å². The van der Waals surface area contributed by atoms with Crippen molar-refractivity contribution in [3.63, 3.8) is 0 Å². The summed E-state index contributed by atoms with van der Waals surface area (Å²) in [5.74, 6) is -0.973. The summed E-state index contributed by atoms with van der Waals surface area (Å²) in [4.78, 5) is 11.6.